The van der Waals surface area contributed by atoms with Gasteiger partial charge in [-0.3, -0.25) is 5.10 Å². The number of rotatable bonds is 0. The summed E-state index contributed by atoms with van der Waals surface area (Å²) in [7, 11) is 0. The first-order valence-electron chi connectivity index (χ1n) is 3.64. The Morgan fingerprint density at radius 3 is 2.08 bits per heavy atom. The van der Waals surface area contributed by atoms with E-state index in [2.05, 4.69) is 10.2 Å². The fourth-order valence-corrected chi connectivity index (χ4v) is 0.668. The first kappa shape index (κ1) is 8.33. The molecule has 0 saturated carbocycles. The quantitative estimate of drug-likeness (QED) is 0.577. The molecule has 0 aliphatic rings. The van der Waals surface area contributed by atoms with Crippen LogP contribution in [-0.2, 0) is 0 Å². The molecule has 0 aliphatic carbocycles. The molecule has 3 N–H and O–H groups in total. The van der Waals surface area contributed by atoms with Crippen molar-refractivity contribution in [1.82, 2.24) is 10.2 Å². The summed E-state index contributed by atoms with van der Waals surface area (Å²) in [4.78, 5) is 0. The zero-order chi connectivity index (χ0) is 8.65. The average molecular weight is 161 g/mol. The molecule has 0 radical (unpaired) electrons. The summed E-state index contributed by atoms with van der Waals surface area (Å²) in [5.74, 6) is 0. The van der Waals surface area contributed by atoms with E-state index in [4.69, 9.17) is 5.73 Å². The number of hydrogen-bond donors (Lipinski definition) is 2. The summed E-state index contributed by atoms with van der Waals surface area (Å²) in [6.07, 6.45) is 3.46. The van der Waals surface area contributed by atoms with Crippen molar-refractivity contribution < 1.29 is 0 Å². The van der Waals surface area contributed by atoms with Crippen LogP contribution >= 0.6 is 0 Å². The van der Waals surface area contributed by atoms with Crippen molar-refractivity contribution >= 4 is 5.69 Å². The molecule has 3 nitrogen and oxygen atoms in total. The number of nitrogens with zero attached hydrogens (tertiary/aromatic N) is 1. The Bertz CT molecular complexity index is 259. The van der Waals surface area contributed by atoms with E-state index in [1.807, 2.05) is 36.4 Å². The molecule has 3 heteroatoms. The van der Waals surface area contributed by atoms with Crippen molar-refractivity contribution in [2.45, 2.75) is 0 Å². The highest BCUT2D eigenvalue weighted by Gasteiger charge is 1.72. The minimum absolute atomic E-state index is 0.822. The summed E-state index contributed by atoms with van der Waals surface area (Å²) in [6.45, 7) is 0. The Morgan fingerprint density at radius 1 is 1.08 bits per heavy atom. The number of hydrogen-bond acceptors (Lipinski definition) is 2. The van der Waals surface area contributed by atoms with Crippen LogP contribution in [0.15, 0.2) is 48.8 Å². The first-order valence-corrected chi connectivity index (χ1v) is 3.64. The van der Waals surface area contributed by atoms with Crippen molar-refractivity contribution in [2.75, 3.05) is 5.73 Å². The smallest absolute Gasteiger partial charge is 0.0487 e. The third kappa shape index (κ3) is 3.41. The highest BCUT2D eigenvalue weighted by Crippen LogP contribution is 1.95. The number of nitrogens with two attached hydrogens (primary N) is 1. The van der Waals surface area contributed by atoms with Crippen LogP contribution in [0.1, 0.15) is 0 Å². The molecule has 62 valence electrons. The maximum atomic E-state index is 5.36. The van der Waals surface area contributed by atoms with Gasteiger partial charge >= 0.3 is 0 Å². The van der Waals surface area contributed by atoms with E-state index in [0.717, 1.165) is 5.69 Å². The third-order valence-electron chi connectivity index (χ3n) is 1.21. The molecule has 0 fully saturated rings. The first-order chi connectivity index (χ1) is 5.89. The lowest BCUT2D eigenvalue weighted by Crippen LogP contribution is -1.79. The van der Waals surface area contributed by atoms with E-state index in [1.54, 1.807) is 12.4 Å². The summed E-state index contributed by atoms with van der Waals surface area (Å²) >= 11 is 0. The molecule has 2 aromatic rings. The largest absolute Gasteiger partial charge is 0.399 e. The van der Waals surface area contributed by atoms with Crippen LogP contribution < -0.4 is 5.73 Å². The molecule has 12 heavy (non-hydrogen) atoms. The van der Waals surface area contributed by atoms with Gasteiger partial charge in [0, 0.05) is 18.1 Å². The Morgan fingerprint density at radius 2 is 1.83 bits per heavy atom. The van der Waals surface area contributed by atoms with Gasteiger partial charge in [0.1, 0.15) is 0 Å². The standard InChI is InChI=1S/C6H7N.C3H4N2/c7-6-4-2-1-3-5-6;1-2-4-5-3-1/h1-5H,7H2;1-3H,(H,4,5). The van der Waals surface area contributed by atoms with Crippen LogP contribution in [0.5, 0.6) is 0 Å². The van der Waals surface area contributed by atoms with Crippen LogP contribution in [0.2, 0.25) is 0 Å². The average Bonchev–Trinajstić information content (AvgIpc) is 2.62. The summed E-state index contributed by atoms with van der Waals surface area (Å²) in [6, 6.07) is 11.3. The zero-order valence-corrected chi connectivity index (χ0v) is 6.64. The van der Waals surface area contributed by atoms with Gasteiger partial charge in [-0.1, -0.05) is 18.2 Å². The highest BCUT2D eigenvalue weighted by molar-refractivity contribution is 5.35. The number of H-pyrrole nitrogens is 1. The van der Waals surface area contributed by atoms with E-state index < -0.39 is 0 Å². The van der Waals surface area contributed by atoms with Crippen molar-refractivity contribution in [3.05, 3.63) is 48.8 Å². The SMILES string of the molecule is Nc1ccccc1.c1cn[nH]c1. The Balaban J connectivity index is 0.000000127. The number of nitrogens with one attached hydrogen (secondary N) is 1. The predicted molar refractivity (Wildman–Crippen MR) is 49.4 cm³/mol. The minimum atomic E-state index is 0.822. The predicted octanol–water partition coefficient (Wildman–Crippen LogP) is 1.68. The van der Waals surface area contributed by atoms with Gasteiger partial charge in [-0.05, 0) is 18.2 Å². The van der Waals surface area contributed by atoms with Crippen molar-refractivity contribution in [2.24, 2.45) is 0 Å². The minimum Gasteiger partial charge on any atom is -0.399 e. The molecule has 0 spiro atoms. The number of aromatic nitrogens is 2. The summed E-state index contributed by atoms with van der Waals surface area (Å²) in [5.41, 5.74) is 6.18. The topological polar surface area (TPSA) is 54.7 Å². The number of anilines is 1. The van der Waals surface area contributed by atoms with Gasteiger partial charge in [0.2, 0.25) is 0 Å². The lowest BCUT2D eigenvalue weighted by atomic mass is 10.3. The number of benzene rings is 1. The van der Waals surface area contributed by atoms with Gasteiger partial charge in [-0.25, -0.2) is 0 Å². The van der Waals surface area contributed by atoms with E-state index in [-0.39, 0.29) is 0 Å². The second kappa shape index (κ2) is 4.96. The van der Waals surface area contributed by atoms with Gasteiger partial charge in [0.25, 0.3) is 0 Å². The number of para-hydroxylation sites is 1. The molecule has 1 aromatic heterocycles. The van der Waals surface area contributed by atoms with E-state index in [9.17, 15) is 0 Å². The Hall–Kier alpha value is -1.77. The van der Waals surface area contributed by atoms with E-state index in [1.165, 1.54) is 0 Å². The fraction of sp³-hybridized carbons (Fsp3) is 0. The number of aromatic amines is 1. The summed E-state index contributed by atoms with van der Waals surface area (Å²) < 4.78 is 0. The summed E-state index contributed by atoms with van der Waals surface area (Å²) in [5, 5.41) is 6.21. The molecule has 0 unspecified atom stereocenters. The van der Waals surface area contributed by atoms with Crippen molar-refractivity contribution in [3.8, 4) is 0 Å². The van der Waals surface area contributed by atoms with Crippen LogP contribution in [-0.4, -0.2) is 10.2 Å². The zero-order valence-electron chi connectivity index (χ0n) is 6.64. The van der Waals surface area contributed by atoms with Gasteiger partial charge in [-0.2, -0.15) is 5.10 Å². The molecule has 0 amide bonds. The second-order valence-corrected chi connectivity index (χ2v) is 2.18. The maximum absolute atomic E-state index is 5.36. The molecule has 0 saturated heterocycles. The molecule has 0 aliphatic heterocycles. The Kier molecular flexibility index (Phi) is 3.44. The molecule has 0 bridgehead atoms. The maximum Gasteiger partial charge on any atom is 0.0487 e. The van der Waals surface area contributed by atoms with Gasteiger partial charge < -0.3 is 5.73 Å². The lowest BCUT2D eigenvalue weighted by Gasteiger charge is -1.83. The molecule has 2 rings (SSSR count). The second-order valence-electron chi connectivity index (χ2n) is 2.18. The molecular formula is C9H11N3. The third-order valence-corrected chi connectivity index (χ3v) is 1.21. The lowest BCUT2D eigenvalue weighted by molar-refractivity contribution is 1.09. The number of nitrogen functional groups attached to an aromatic ring is 1. The van der Waals surface area contributed by atoms with Crippen LogP contribution in [0.4, 0.5) is 5.69 Å². The Labute approximate surface area is 71.2 Å². The van der Waals surface area contributed by atoms with Gasteiger partial charge in [0.05, 0.1) is 0 Å². The fourth-order valence-electron chi connectivity index (χ4n) is 0.668. The molecule has 0 atom stereocenters. The van der Waals surface area contributed by atoms with Crippen LogP contribution in [0.25, 0.3) is 0 Å². The van der Waals surface area contributed by atoms with Crippen LogP contribution in [0, 0.1) is 0 Å². The van der Waals surface area contributed by atoms with E-state index in [0.29, 0.717) is 0 Å². The monoisotopic (exact) mass is 161 g/mol. The van der Waals surface area contributed by atoms with Crippen LogP contribution in [0.3, 0.4) is 0 Å². The van der Waals surface area contributed by atoms with E-state index >= 15 is 0 Å². The molecular weight excluding hydrogens is 150 g/mol. The molecule has 1 aromatic carbocycles. The molecule has 1 heterocycles. The van der Waals surface area contributed by atoms with Crippen molar-refractivity contribution in [3.63, 3.8) is 0 Å². The van der Waals surface area contributed by atoms with Gasteiger partial charge in [0.15, 0.2) is 0 Å². The highest BCUT2D eigenvalue weighted by atomic mass is 15.1. The normalized spacial score (nSPS) is 8.33. The van der Waals surface area contributed by atoms with Crippen molar-refractivity contribution in [1.29, 1.82) is 0 Å². The van der Waals surface area contributed by atoms with Gasteiger partial charge in [-0.15, -0.1) is 0 Å².